The fourth-order valence-electron chi connectivity index (χ4n) is 1.88. The summed E-state index contributed by atoms with van der Waals surface area (Å²) < 4.78 is 6.94. The zero-order valence-electron chi connectivity index (χ0n) is 10.7. The molecule has 0 spiro atoms. The summed E-state index contributed by atoms with van der Waals surface area (Å²) in [6.07, 6.45) is 3.51. The maximum Gasteiger partial charge on any atom is 0.261 e. The van der Waals surface area contributed by atoms with E-state index < -0.39 is 0 Å². The van der Waals surface area contributed by atoms with Crippen molar-refractivity contribution in [3.8, 4) is 22.8 Å². The summed E-state index contributed by atoms with van der Waals surface area (Å²) >= 11 is 0. The van der Waals surface area contributed by atoms with Crippen molar-refractivity contribution in [2.24, 2.45) is 7.05 Å². The summed E-state index contributed by atoms with van der Waals surface area (Å²) in [5.74, 6) is 0.980. The zero-order valence-corrected chi connectivity index (χ0v) is 10.7. The maximum atomic E-state index is 5.88. The number of hydrogen-bond donors (Lipinski definition) is 1. The molecule has 3 aromatic rings. The molecule has 0 bridgehead atoms. The predicted molar refractivity (Wildman–Crippen MR) is 71.1 cm³/mol. The Balaban J connectivity index is 2.04. The van der Waals surface area contributed by atoms with Gasteiger partial charge in [0, 0.05) is 24.5 Å². The molecule has 19 heavy (non-hydrogen) atoms. The van der Waals surface area contributed by atoms with E-state index in [-0.39, 0.29) is 0 Å². The van der Waals surface area contributed by atoms with Gasteiger partial charge < -0.3 is 10.3 Å². The Bertz CT molecular complexity index is 728. The van der Waals surface area contributed by atoms with E-state index in [9.17, 15) is 0 Å². The zero-order chi connectivity index (χ0) is 13.4. The second-order valence-electron chi connectivity index (χ2n) is 4.35. The van der Waals surface area contributed by atoms with Gasteiger partial charge in [0.15, 0.2) is 0 Å². The molecule has 0 saturated heterocycles. The largest absolute Gasteiger partial charge is 0.398 e. The topological polar surface area (TPSA) is 82.8 Å². The van der Waals surface area contributed by atoms with Gasteiger partial charge in [0.2, 0.25) is 5.82 Å². The monoisotopic (exact) mass is 255 g/mol. The fourth-order valence-corrected chi connectivity index (χ4v) is 1.88. The number of anilines is 1. The number of nitrogen functional groups attached to an aromatic ring is 1. The molecule has 0 aliphatic carbocycles. The number of aromatic nitrogens is 4. The molecule has 0 amide bonds. The highest BCUT2D eigenvalue weighted by Crippen LogP contribution is 2.26. The Morgan fingerprint density at radius 1 is 1.32 bits per heavy atom. The lowest BCUT2D eigenvalue weighted by molar-refractivity contribution is 0.432. The summed E-state index contributed by atoms with van der Waals surface area (Å²) in [5, 5.41) is 8.07. The molecule has 0 fully saturated rings. The average molecular weight is 255 g/mol. The van der Waals surface area contributed by atoms with Gasteiger partial charge in [-0.05, 0) is 18.6 Å². The Hall–Kier alpha value is -2.63. The van der Waals surface area contributed by atoms with Crippen LogP contribution in [0.2, 0.25) is 0 Å². The van der Waals surface area contributed by atoms with E-state index in [4.69, 9.17) is 10.3 Å². The first-order valence-corrected chi connectivity index (χ1v) is 5.83. The highest BCUT2D eigenvalue weighted by Gasteiger charge is 2.14. The third kappa shape index (κ3) is 1.97. The Morgan fingerprint density at radius 2 is 2.16 bits per heavy atom. The fraction of sp³-hybridized carbons (Fsp3) is 0.154. The molecular weight excluding hydrogens is 242 g/mol. The van der Waals surface area contributed by atoms with Crippen LogP contribution in [0, 0.1) is 6.92 Å². The van der Waals surface area contributed by atoms with Crippen molar-refractivity contribution >= 4 is 5.69 Å². The molecule has 2 aromatic heterocycles. The van der Waals surface area contributed by atoms with Crippen LogP contribution in [0.25, 0.3) is 22.8 Å². The SMILES string of the molecule is Cc1c(N)cccc1-c1noc(-c2cnn(C)c2)n1. The second-order valence-corrected chi connectivity index (χ2v) is 4.35. The minimum atomic E-state index is 0.449. The molecule has 6 heteroatoms. The number of hydrogen-bond acceptors (Lipinski definition) is 5. The number of nitrogens with zero attached hydrogens (tertiary/aromatic N) is 4. The summed E-state index contributed by atoms with van der Waals surface area (Å²) in [6, 6.07) is 5.64. The molecule has 2 N–H and O–H groups in total. The van der Waals surface area contributed by atoms with Gasteiger partial charge in [0.05, 0.1) is 11.8 Å². The maximum absolute atomic E-state index is 5.88. The molecule has 96 valence electrons. The summed E-state index contributed by atoms with van der Waals surface area (Å²) in [6.45, 7) is 1.94. The number of aryl methyl sites for hydroxylation is 1. The third-order valence-corrected chi connectivity index (χ3v) is 2.99. The van der Waals surface area contributed by atoms with Crippen LogP contribution in [0.5, 0.6) is 0 Å². The molecule has 3 rings (SSSR count). The van der Waals surface area contributed by atoms with Crippen LogP contribution < -0.4 is 5.73 Å². The van der Waals surface area contributed by atoms with Gasteiger partial charge in [-0.2, -0.15) is 10.1 Å². The van der Waals surface area contributed by atoms with Crippen molar-refractivity contribution < 1.29 is 4.52 Å². The minimum Gasteiger partial charge on any atom is -0.398 e. The van der Waals surface area contributed by atoms with E-state index >= 15 is 0 Å². The van der Waals surface area contributed by atoms with Crippen molar-refractivity contribution in [3.63, 3.8) is 0 Å². The third-order valence-electron chi connectivity index (χ3n) is 2.99. The lowest BCUT2D eigenvalue weighted by Crippen LogP contribution is -1.92. The highest BCUT2D eigenvalue weighted by molar-refractivity contribution is 5.68. The molecule has 0 atom stereocenters. The number of rotatable bonds is 2. The molecule has 0 aliphatic rings. The van der Waals surface area contributed by atoms with Crippen LogP contribution in [0.4, 0.5) is 5.69 Å². The van der Waals surface area contributed by atoms with E-state index in [2.05, 4.69) is 15.2 Å². The molecule has 0 aliphatic heterocycles. The van der Waals surface area contributed by atoms with E-state index in [1.54, 1.807) is 10.9 Å². The van der Waals surface area contributed by atoms with Crippen molar-refractivity contribution in [2.75, 3.05) is 5.73 Å². The Morgan fingerprint density at radius 3 is 2.89 bits per heavy atom. The van der Waals surface area contributed by atoms with Gasteiger partial charge in [-0.25, -0.2) is 0 Å². The number of benzene rings is 1. The normalized spacial score (nSPS) is 10.8. The van der Waals surface area contributed by atoms with Crippen LogP contribution in [-0.4, -0.2) is 19.9 Å². The van der Waals surface area contributed by atoms with Gasteiger partial charge in [-0.3, -0.25) is 4.68 Å². The summed E-state index contributed by atoms with van der Waals surface area (Å²) in [4.78, 5) is 4.38. The van der Waals surface area contributed by atoms with Crippen LogP contribution in [0.15, 0.2) is 35.1 Å². The highest BCUT2D eigenvalue weighted by atomic mass is 16.5. The van der Waals surface area contributed by atoms with Crippen molar-refractivity contribution in [1.82, 2.24) is 19.9 Å². The lowest BCUT2D eigenvalue weighted by Gasteiger charge is -2.03. The van der Waals surface area contributed by atoms with Crippen LogP contribution >= 0.6 is 0 Å². The first-order chi connectivity index (χ1) is 9.15. The van der Waals surface area contributed by atoms with E-state index in [1.165, 1.54) is 0 Å². The van der Waals surface area contributed by atoms with Crippen LogP contribution in [0.3, 0.4) is 0 Å². The molecule has 0 saturated carbocycles. The predicted octanol–water partition coefficient (Wildman–Crippen LogP) is 2.03. The second kappa shape index (κ2) is 4.24. The van der Waals surface area contributed by atoms with Gasteiger partial charge in [0.25, 0.3) is 5.89 Å². The van der Waals surface area contributed by atoms with Crippen LogP contribution in [-0.2, 0) is 7.05 Å². The van der Waals surface area contributed by atoms with Gasteiger partial charge >= 0.3 is 0 Å². The van der Waals surface area contributed by atoms with Crippen molar-refractivity contribution in [3.05, 3.63) is 36.2 Å². The van der Waals surface area contributed by atoms with Gasteiger partial charge in [0.1, 0.15) is 0 Å². The first kappa shape index (κ1) is 11.5. The van der Waals surface area contributed by atoms with Gasteiger partial charge in [-0.1, -0.05) is 17.3 Å². The average Bonchev–Trinajstić information content (AvgIpc) is 3.01. The van der Waals surface area contributed by atoms with Gasteiger partial charge in [-0.15, -0.1) is 0 Å². The molecule has 2 heterocycles. The molecule has 1 aromatic carbocycles. The van der Waals surface area contributed by atoms with Crippen molar-refractivity contribution in [1.29, 1.82) is 0 Å². The van der Waals surface area contributed by atoms with E-state index in [1.807, 2.05) is 38.4 Å². The first-order valence-electron chi connectivity index (χ1n) is 5.83. The van der Waals surface area contributed by atoms with E-state index in [0.717, 1.165) is 16.7 Å². The molecule has 0 unspecified atom stereocenters. The standard InChI is InChI=1S/C13H13N5O/c1-8-10(4-3-5-11(8)14)12-16-13(19-17-12)9-6-15-18(2)7-9/h3-7H,14H2,1-2H3. The number of nitrogens with two attached hydrogens (primary N) is 1. The smallest absolute Gasteiger partial charge is 0.261 e. The Labute approximate surface area is 109 Å². The Kier molecular flexibility index (Phi) is 2.56. The minimum absolute atomic E-state index is 0.449. The van der Waals surface area contributed by atoms with E-state index in [0.29, 0.717) is 17.4 Å². The molecule has 0 radical (unpaired) electrons. The molecular formula is C13H13N5O. The molecule has 6 nitrogen and oxygen atoms in total. The summed E-state index contributed by atoms with van der Waals surface area (Å²) in [5.41, 5.74) is 9.21. The van der Waals surface area contributed by atoms with Crippen molar-refractivity contribution in [2.45, 2.75) is 6.92 Å². The summed E-state index contributed by atoms with van der Waals surface area (Å²) in [7, 11) is 1.84. The van der Waals surface area contributed by atoms with Crippen LogP contribution in [0.1, 0.15) is 5.56 Å². The lowest BCUT2D eigenvalue weighted by atomic mass is 10.1. The quantitative estimate of drug-likeness (QED) is 0.708.